The SMILES string of the molecule is CC(=O)O.CCC(=O)c1ccc(O)c(OC)c1. The van der Waals surface area contributed by atoms with E-state index in [-0.39, 0.29) is 11.5 Å². The number of rotatable bonds is 3. The number of carboxylic acid groups (broad SMARTS) is 1. The molecule has 0 radical (unpaired) electrons. The minimum absolute atomic E-state index is 0.0401. The van der Waals surface area contributed by atoms with E-state index in [0.29, 0.717) is 17.7 Å². The maximum absolute atomic E-state index is 11.3. The van der Waals surface area contributed by atoms with Gasteiger partial charge in [-0.1, -0.05) is 6.92 Å². The lowest BCUT2D eigenvalue weighted by Crippen LogP contribution is -1.96. The van der Waals surface area contributed by atoms with Gasteiger partial charge in [-0.2, -0.15) is 0 Å². The quantitative estimate of drug-likeness (QED) is 0.790. The van der Waals surface area contributed by atoms with Crippen molar-refractivity contribution in [3.63, 3.8) is 0 Å². The number of hydrogen-bond acceptors (Lipinski definition) is 4. The van der Waals surface area contributed by atoms with Crippen LogP contribution < -0.4 is 4.74 Å². The first-order chi connectivity index (χ1) is 7.92. The first kappa shape index (κ1) is 15.0. The second kappa shape index (κ2) is 7.27. The highest BCUT2D eigenvalue weighted by atomic mass is 16.5. The molecule has 0 aliphatic rings. The lowest BCUT2D eigenvalue weighted by atomic mass is 10.1. The van der Waals surface area contributed by atoms with E-state index in [4.69, 9.17) is 14.6 Å². The number of phenolic OH excluding ortho intramolecular Hbond substituents is 1. The van der Waals surface area contributed by atoms with Gasteiger partial charge in [-0.15, -0.1) is 0 Å². The lowest BCUT2D eigenvalue weighted by molar-refractivity contribution is -0.134. The van der Waals surface area contributed by atoms with Crippen LogP contribution in [0.15, 0.2) is 18.2 Å². The molecule has 0 aromatic heterocycles. The van der Waals surface area contributed by atoms with Gasteiger partial charge in [0.25, 0.3) is 5.97 Å². The Morgan fingerprint density at radius 3 is 2.29 bits per heavy atom. The zero-order valence-corrected chi connectivity index (χ0v) is 10.1. The van der Waals surface area contributed by atoms with Crippen LogP contribution in [-0.2, 0) is 4.79 Å². The van der Waals surface area contributed by atoms with Gasteiger partial charge >= 0.3 is 0 Å². The number of methoxy groups -OCH3 is 1. The highest BCUT2D eigenvalue weighted by molar-refractivity contribution is 5.96. The number of benzene rings is 1. The number of ether oxygens (including phenoxy) is 1. The molecule has 0 unspecified atom stereocenters. The van der Waals surface area contributed by atoms with E-state index in [2.05, 4.69) is 0 Å². The van der Waals surface area contributed by atoms with Crippen LogP contribution in [0.25, 0.3) is 0 Å². The van der Waals surface area contributed by atoms with Crippen molar-refractivity contribution in [3.05, 3.63) is 23.8 Å². The van der Waals surface area contributed by atoms with Crippen molar-refractivity contribution in [3.8, 4) is 11.5 Å². The molecule has 1 aromatic carbocycles. The predicted molar refractivity (Wildman–Crippen MR) is 62.6 cm³/mol. The fourth-order valence-electron chi connectivity index (χ4n) is 1.06. The molecule has 0 saturated carbocycles. The number of aliphatic carboxylic acids is 1. The van der Waals surface area contributed by atoms with Crippen molar-refractivity contribution in [2.24, 2.45) is 0 Å². The Labute approximate surface area is 99.7 Å². The lowest BCUT2D eigenvalue weighted by Gasteiger charge is -2.04. The molecule has 0 atom stereocenters. The average Bonchev–Trinajstić information content (AvgIpc) is 2.28. The number of carboxylic acids is 1. The van der Waals surface area contributed by atoms with Crippen LogP contribution in [0.4, 0.5) is 0 Å². The minimum Gasteiger partial charge on any atom is -0.504 e. The summed E-state index contributed by atoms with van der Waals surface area (Å²) >= 11 is 0. The Hall–Kier alpha value is -2.04. The van der Waals surface area contributed by atoms with E-state index in [9.17, 15) is 9.90 Å². The monoisotopic (exact) mass is 240 g/mol. The summed E-state index contributed by atoms with van der Waals surface area (Å²) in [6.07, 6.45) is 0.452. The second-order valence-electron chi connectivity index (χ2n) is 3.18. The Kier molecular flexibility index (Phi) is 6.40. The Balaban J connectivity index is 0.000000557. The van der Waals surface area contributed by atoms with Crippen molar-refractivity contribution in [1.82, 2.24) is 0 Å². The van der Waals surface area contributed by atoms with Crippen LogP contribution in [0.2, 0.25) is 0 Å². The molecular weight excluding hydrogens is 224 g/mol. The van der Waals surface area contributed by atoms with Gasteiger partial charge in [-0.05, 0) is 18.2 Å². The molecule has 5 heteroatoms. The third-order valence-corrected chi connectivity index (χ3v) is 1.82. The van der Waals surface area contributed by atoms with Crippen molar-refractivity contribution in [2.45, 2.75) is 20.3 Å². The second-order valence-corrected chi connectivity index (χ2v) is 3.18. The molecule has 1 rings (SSSR count). The van der Waals surface area contributed by atoms with Crippen molar-refractivity contribution < 1.29 is 24.5 Å². The predicted octanol–water partition coefficient (Wildman–Crippen LogP) is 2.08. The molecule has 1 aromatic rings. The fourth-order valence-corrected chi connectivity index (χ4v) is 1.06. The number of carbonyl (C=O) groups is 2. The average molecular weight is 240 g/mol. The van der Waals surface area contributed by atoms with Gasteiger partial charge in [0.1, 0.15) is 0 Å². The van der Waals surface area contributed by atoms with E-state index < -0.39 is 5.97 Å². The van der Waals surface area contributed by atoms with Gasteiger partial charge in [0.15, 0.2) is 17.3 Å². The number of hydrogen-bond donors (Lipinski definition) is 2. The molecule has 0 bridgehead atoms. The maximum atomic E-state index is 11.3. The topological polar surface area (TPSA) is 83.8 Å². The van der Waals surface area contributed by atoms with Gasteiger partial charge in [0.05, 0.1) is 7.11 Å². The Morgan fingerprint density at radius 2 is 1.88 bits per heavy atom. The summed E-state index contributed by atoms with van der Waals surface area (Å²) in [6, 6.07) is 4.59. The third kappa shape index (κ3) is 5.55. The smallest absolute Gasteiger partial charge is 0.300 e. The largest absolute Gasteiger partial charge is 0.504 e. The highest BCUT2D eigenvalue weighted by Crippen LogP contribution is 2.26. The molecule has 94 valence electrons. The first-order valence-corrected chi connectivity index (χ1v) is 5.02. The number of phenols is 1. The Bertz CT molecular complexity index is 394. The van der Waals surface area contributed by atoms with Crippen molar-refractivity contribution in [2.75, 3.05) is 7.11 Å². The number of Topliss-reactive ketones (excluding diaryl/α,β-unsaturated/α-hetero) is 1. The molecule has 5 nitrogen and oxygen atoms in total. The molecule has 0 heterocycles. The van der Waals surface area contributed by atoms with Crippen molar-refractivity contribution >= 4 is 11.8 Å². The number of ketones is 1. The van der Waals surface area contributed by atoms with E-state index >= 15 is 0 Å². The van der Waals surface area contributed by atoms with E-state index in [1.165, 1.54) is 13.2 Å². The van der Waals surface area contributed by atoms with Crippen LogP contribution in [0.1, 0.15) is 30.6 Å². The van der Waals surface area contributed by atoms with Gasteiger partial charge in [-0.25, -0.2) is 0 Å². The number of carbonyl (C=O) groups excluding carboxylic acids is 1. The fraction of sp³-hybridized carbons (Fsp3) is 0.333. The van der Waals surface area contributed by atoms with E-state index in [1.54, 1.807) is 19.1 Å². The van der Waals surface area contributed by atoms with Gasteiger partial charge in [-0.3, -0.25) is 9.59 Å². The molecule has 0 fully saturated rings. The van der Waals surface area contributed by atoms with Crippen LogP contribution in [-0.4, -0.2) is 29.1 Å². The molecule has 2 N–H and O–H groups in total. The highest BCUT2D eigenvalue weighted by Gasteiger charge is 2.07. The van der Waals surface area contributed by atoms with Crippen LogP contribution >= 0.6 is 0 Å². The molecule has 0 spiro atoms. The summed E-state index contributed by atoms with van der Waals surface area (Å²) in [5, 5.41) is 16.7. The van der Waals surface area contributed by atoms with Gasteiger partial charge < -0.3 is 14.9 Å². The summed E-state index contributed by atoms with van der Waals surface area (Å²) in [6.45, 7) is 2.88. The van der Waals surface area contributed by atoms with Crippen LogP contribution in [0, 0.1) is 0 Å². The summed E-state index contributed by atoms with van der Waals surface area (Å²) in [5.41, 5.74) is 0.567. The first-order valence-electron chi connectivity index (χ1n) is 5.02. The van der Waals surface area contributed by atoms with E-state index in [0.717, 1.165) is 6.92 Å². The summed E-state index contributed by atoms with van der Waals surface area (Å²) in [7, 11) is 1.45. The van der Waals surface area contributed by atoms with E-state index in [1.807, 2.05) is 0 Å². The van der Waals surface area contributed by atoms with Crippen LogP contribution in [0.3, 0.4) is 0 Å². The zero-order chi connectivity index (χ0) is 13.4. The summed E-state index contributed by atoms with van der Waals surface area (Å²) < 4.78 is 4.88. The summed E-state index contributed by atoms with van der Waals surface area (Å²) in [5.74, 6) is -0.409. The van der Waals surface area contributed by atoms with Gasteiger partial charge in [0.2, 0.25) is 0 Å². The standard InChI is InChI=1S/C10H12O3.C2H4O2/c1-3-8(11)7-4-5-9(12)10(6-7)13-2;1-2(3)4/h4-6,12H,3H2,1-2H3;1H3,(H,3,4). The molecule has 17 heavy (non-hydrogen) atoms. The Morgan fingerprint density at radius 1 is 1.35 bits per heavy atom. The molecule has 0 aliphatic carbocycles. The molecule has 0 amide bonds. The molecule has 0 aliphatic heterocycles. The van der Waals surface area contributed by atoms with Crippen molar-refractivity contribution in [1.29, 1.82) is 0 Å². The zero-order valence-electron chi connectivity index (χ0n) is 10.1. The maximum Gasteiger partial charge on any atom is 0.300 e. The third-order valence-electron chi connectivity index (χ3n) is 1.82. The minimum atomic E-state index is -0.833. The number of aromatic hydroxyl groups is 1. The van der Waals surface area contributed by atoms with Crippen LogP contribution in [0.5, 0.6) is 11.5 Å². The molecule has 0 saturated heterocycles. The summed E-state index contributed by atoms with van der Waals surface area (Å²) in [4.78, 5) is 20.3. The van der Waals surface area contributed by atoms with Gasteiger partial charge in [0, 0.05) is 18.9 Å². The normalized spacial score (nSPS) is 8.88. The molecular formula is C12H16O5.